The molecule has 1 heterocycles. The van der Waals surface area contributed by atoms with Crippen LogP contribution in [0.3, 0.4) is 0 Å². The summed E-state index contributed by atoms with van der Waals surface area (Å²) in [5.41, 5.74) is 0.614. The van der Waals surface area contributed by atoms with Crippen molar-refractivity contribution >= 4 is 87.7 Å². The normalized spacial score (nSPS) is 15.3. The van der Waals surface area contributed by atoms with E-state index >= 15 is 0 Å². The minimum atomic E-state index is -3.59. The van der Waals surface area contributed by atoms with Crippen LogP contribution in [0, 0.1) is 27.2 Å². The maximum absolute atomic E-state index is 12.4. The number of ether oxygens (including phenoxy) is 2. The molecule has 0 saturated heterocycles. The SMILES string of the molecule is C=Nc1ccc([N+](=O)[O-])cc1OC1(Nc2ccc3cc(S(C)(=O)=O)ccc3c2C)Nc2ccc3cc(S(C)(=O)=O)ccc3c2N=Nc2ccc([N+](=O)[O-])cc2O1. The van der Waals surface area contributed by atoms with E-state index in [-0.39, 0.29) is 55.4 Å². The molecule has 19 heteroatoms. The lowest BCUT2D eigenvalue weighted by atomic mass is 10.0. The van der Waals surface area contributed by atoms with Crippen molar-refractivity contribution in [3.05, 3.63) is 123 Å². The zero-order valence-corrected chi connectivity index (χ0v) is 31.2. The van der Waals surface area contributed by atoms with Gasteiger partial charge in [-0.25, -0.2) is 16.8 Å². The third kappa shape index (κ3) is 7.15. The van der Waals surface area contributed by atoms with Gasteiger partial charge in [-0.1, -0.05) is 24.3 Å². The number of nitro benzene ring substituents is 2. The lowest BCUT2D eigenvalue weighted by molar-refractivity contribution is -0.385. The van der Waals surface area contributed by atoms with Crippen molar-refractivity contribution in [2.45, 2.75) is 22.7 Å². The number of hydrogen-bond acceptors (Lipinski definition) is 15. The topological polar surface area (TPSA) is 234 Å². The number of azo groups is 1. The molecule has 0 aliphatic carbocycles. The van der Waals surface area contributed by atoms with Crippen molar-refractivity contribution in [1.29, 1.82) is 0 Å². The summed E-state index contributed by atoms with van der Waals surface area (Å²) in [6.07, 6.45) is 2.18. The zero-order valence-electron chi connectivity index (χ0n) is 29.6. The van der Waals surface area contributed by atoms with Gasteiger partial charge in [0.1, 0.15) is 17.1 Å². The number of anilines is 2. The summed E-state index contributed by atoms with van der Waals surface area (Å²) >= 11 is 0. The highest BCUT2D eigenvalue weighted by atomic mass is 32.2. The third-order valence-corrected chi connectivity index (χ3v) is 11.1. The molecule has 1 aliphatic rings. The summed E-state index contributed by atoms with van der Waals surface area (Å²) in [5, 5.41) is 41.3. The van der Waals surface area contributed by atoms with Gasteiger partial charge in [-0.3, -0.25) is 35.9 Å². The zero-order chi connectivity index (χ0) is 40.2. The number of nitro groups is 2. The highest BCUT2D eigenvalue weighted by molar-refractivity contribution is 7.91. The third-order valence-electron chi connectivity index (χ3n) is 8.92. The van der Waals surface area contributed by atoms with E-state index in [9.17, 15) is 37.1 Å². The van der Waals surface area contributed by atoms with Crippen molar-refractivity contribution in [2.75, 3.05) is 23.1 Å². The van der Waals surface area contributed by atoms with E-state index in [2.05, 4.69) is 32.6 Å². The molecule has 1 unspecified atom stereocenters. The van der Waals surface area contributed by atoms with Gasteiger partial charge in [-0.15, -0.1) is 10.2 Å². The van der Waals surface area contributed by atoms with Crippen LogP contribution < -0.4 is 20.1 Å². The first kappa shape index (κ1) is 37.3. The molecule has 0 bridgehead atoms. The van der Waals surface area contributed by atoms with Crippen molar-refractivity contribution < 1.29 is 36.2 Å². The molecule has 1 aliphatic heterocycles. The Morgan fingerprint density at radius 3 is 2.04 bits per heavy atom. The highest BCUT2D eigenvalue weighted by Crippen LogP contribution is 2.45. The van der Waals surface area contributed by atoms with Crippen molar-refractivity contribution in [2.24, 2.45) is 15.2 Å². The summed E-state index contributed by atoms with van der Waals surface area (Å²) in [4.78, 5) is 26.8. The van der Waals surface area contributed by atoms with Crippen LogP contribution in [-0.4, -0.2) is 51.9 Å². The second-order valence-corrected chi connectivity index (χ2v) is 16.8. The Balaban J connectivity index is 1.51. The van der Waals surface area contributed by atoms with Gasteiger partial charge in [0.15, 0.2) is 31.2 Å². The predicted molar refractivity (Wildman–Crippen MR) is 210 cm³/mol. The van der Waals surface area contributed by atoms with E-state index in [0.717, 1.165) is 24.6 Å². The number of fused-ring (bicyclic) bond motifs is 5. The Hall–Kier alpha value is -6.99. The molecule has 56 heavy (non-hydrogen) atoms. The van der Waals surface area contributed by atoms with Gasteiger partial charge in [0.05, 0.1) is 37.5 Å². The standard InChI is InChI=1S/C37H29N7O10S2/c1-21-28-11-9-26(55(3,49)50)17-22(28)5-13-30(21)39-37(53-34-19-24(43(45)46)7-15-31(34)38-2)40-33-14-6-23-18-27(56(4,51)52)10-12-29(23)36(33)42-41-32-16-8-25(44(47)48)20-35(32)54-37/h5-20,39-40H,2H2,1,3-4H3. The average Bonchev–Trinajstić information content (AvgIpc) is 3.20. The molecule has 0 radical (unpaired) electrons. The van der Waals surface area contributed by atoms with Gasteiger partial charge in [0, 0.05) is 35.7 Å². The van der Waals surface area contributed by atoms with Crippen molar-refractivity contribution in [1.82, 2.24) is 0 Å². The van der Waals surface area contributed by atoms with Crippen LogP contribution in [-0.2, 0) is 19.7 Å². The Kier molecular flexibility index (Phi) is 9.13. The number of benzene rings is 6. The molecule has 0 saturated carbocycles. The van der Waals surface area contributed by atoms with E-state index in [0.29, 0.717) is 32.8 Å². The van der Waals surface area contributed by atoms with Gasteiger partial charge >= 0.3 is 6.03 Å². The Morgan fingerprint density at radius 2 is 1.39 bits per heavy atom. The smallest absolute Gasteiger partial charge is 0.416 e. The van der Waals surface area contributed by atoms with E-state index in [1.165, 1.54) is 48.5 Å². The number of nitrogens with one attached hydrogen (secondary N) is 2. The fourth-order valence-corrected chi connectivity index (χ4v) is 7.40. The van der Waals surface area contributed by atoms with Crippen LogP contribution in [0.4, 0.5) is 39.8 Å². The van der Waals surface area contributed by atoms with Crippen LogP contribution in [0.25, 0.3) is 21.5 Å². The average molecular weight is 796 g/mol. The Morgan fingerprint density at radius 1 is 0.786 bits per heavy atom. The lowest BCUT2D eigenvalue weighted by Crippen LogP contribution is -2.56. The van der Waals surface area contributed by atoms with E-state index < -0.39 is 35.6 Å². The van der Waals surface area contributed by atoms with Gasteiger partial charge in [-0.2, -0.15) is 0 Å². The van der Waals surface area contributed by atoms with Crippen LogP contribution in [0.1, 0.15) is 5.56 Å². The summed E-state index contributed by atoms with van der Waals surface area (Å²) in [5.74, 6) is -0.417. The van der Waals surface area contributed by atoms with E-state index in [1.807, 2.05) is 0 Å². The number of rotatable bonds is 9. The van der Waals surface area contributed by atoms with E-state index in [4.69, 9.17) is 9.47 Å². The van der Waals surface area contributed by atoms with Crippen LogP contribution in [0.15, 0.2) is 122 Å². The molecular formula is C37H29N7O10S2. The quantitative estimate of drug-likeness (QED) is 0.0609. The first-order chi connectivity index (χ1) is 26.4. The fourth-order valence-electron chi connectivity index (χ4n) is 6.09. The first-order valence-corrected chi connectivity index (χ1v) is 20.1. The maximum Gasteiger partial charge on any atom is 0.430 e. The Bertz CT molecular complexity index is 2940. The monoisotopic (exact) mass is 795 g/mol. The highest BCUT2D eigenvalue weighted by Gasteiger charge is 2.41. The maximum atomic E-state index is 12.4. The van der Waals surface area contributed by atoms with E-state index in [1.54, 1.807) is 43.3 Å². The molecule has 0 spiro atoms. The minimum Gasteiger partial charge on any atom is -0.416 e. The van der Waals surface area contributed by atoms with Crippen LogP contribution >= 0.6 is 0 Å². The number of aryl methyl sites for hydroxylation is 1. The van der Waals surface area contributed by atoms with Gasteiger partial charge in [0.25, 0.3) is 11.4 Å². The van der Waals surface area contributed by atoms with Crippen LogP contribution in [0.5, 0.6) is 11.5 Å². The number of non-ortho nitro benzene ring substituents is 2. The molecule has 0 amide bonds. The summed E-state index contributed by atoms with van der Waals surface area (Å²) in [7, 11) is -7.11. The molecule has 0 fully saturated rings. The summed E-state index contributed by atoms with van der Waals surface area (Å²) in [6, 6.07) is 20.4. The minimum absolute atomic E-state index is 0.00873. The molecule has 7 rings (SSSR count). The van der Waals surface area contributed by atoms with Crippen molar-refractivity contribution in [3.8, 4) is 11.5 Å². The van der Waals surface area contributed by atoms with Crippen molar-refractivity contribution in [3.63, 3.8) is 0 Å². The number of sulfone groups is 2. The Labute approximate surface area is 318 Å². The van der Waals surface area contributed by atoms with Crippen LogP contribution in [0.2, 0.25) is 0 Å². The van der Waals surface area contributed by atoms with Gasteiger partial charge in [-0.05, 0) is 83.9 Å². The molecule has 2 N–H and O–H groups in total. The second-order valence-electron chi connectivity index (χ2n) is 12.8. The molecule has 1 atom stereocenters. The number of nitrogens with zero attached hydrogens (tertiary/aromatic N) is 5. The predicted octanol–water partition coefficient (Wildman–Crippen LogP) is 8.28. The molecule has 6 aromatic rings. The number of aliphatic imine (C=N–C) groups is 1. The molecule has 284 valence electrons. The molecule has 17 nitrogen and oxygen atoms in total. The molecular weight excluding hydrogens is 767 g/mol. The lowest BCUT2D eigenvalue weighted by Gasteiger charge is -2.37. The van der Waals surface area contributed by atoms with Gasteiger partial charge in [0.2, 0.25) is 0 Å². The largest absolute Gasteiger partial charge is 0.430 e. The fraction of sp³-hybridized carbons (Fsp3) is 0.108. The molecule has 0 aromatic heterocycles. The molecule has 6 aromatic carbocycles. The summed E-state index contributed by atoms with van der Waals surface area (Å²) in [6.45, 7) is 5.33. The second kappa shape index (κ2) is 13.7. The number of hydrogen-bond donors (Lipinski definition) is 2. The first-order valence-electron chi connectivity index (χ1n) is 16.3. The summed E-state index contributed by atoms with van der Waals surface area (Å²) < 4.78 is 62.7. The van der Waals surface area contributed by atoms with Gasteiger partial charge < -0.3 is 9.47 Å².